The van der Waals surface area contributed by atoms with Gasteiger partial charge < -0.3 is 15.5 Å². The van der Waals surface area contributed by atoms with Crippen molar-refractivity contribution in [3.63, 3.8) is 0 Å². The minimum absolute atomic E-state index is 0.0264. The van der Waals surface area contributed by atoms with Gasteiger partial charge in [0.1, 0.15) is 6.54 Å². The van der Waals surface area contributed by atoms with Crippen LogP contribution < -0.4 is 10.6 Å². The monoisotopic (exact) mass is 355 g/mol. The van der Waals surface area contributed by atoms with E-state index in [0.717, 1.165) is 0 Å². The molecule has 0 unspecified atom stereocenters. The second kappa shape index (κ2) is 9.51. The van der Waals surface area contributed by atoms with Gasteiger partial charge in [-0.2, -0.15) is 13.2 Å². The van der Waals surface area contributed by atoms with Crippen molar-refractivity contribution in [2.45, 2.75) is 6.18 Å². The number of rotatable bonds is 9. The lowest BCUT2D eigenvalue weighted by molar-refractivity contribution is -0.128. The number of nitrogens with zero attached hydrogens (tertiary/aromatic N) is 1. The zero-order valence-electron chi connectivity index (χ0n) is 13.6. The third-order valence-electron chi connectivity index (χ3n) is 3.10. The van der Waals surface area contributed by atoms with Gasteiger partial charge in [-0.05, 0) is 12.1 Å². The summed E-state index contributed by atoms with van der Waals surface area (Å²) in [6.07, 6.45) is -1.36. The molecule has 0 aliphatic rings. The van der Waals surface area contributed by atoms with Crippen molar-refractivity contribution in [1.82, 2.24) is 10.2 Å². The van der Waals surface area contributed by atoms with E-state index in [1.807, 2.05) is 0 Å². The van der Waals surface area contributed by atoms with E-state index in [9.17, 15) is 22.8 Å². The topological polar surface area (TPSA) is 61.4 Å². The van der Waals surface area contributed by atoms with Crippen molar-refractivity contribution < 1.29 is 22.8 Å². The van der Waals surface area contributed by atoms with Gasteiger partial charge in [-0.3, -0.25) is 9.59 Å². The zero-order valence-corrected chi connectivity index (χ0v) is 13.6. The highest BCUT2D eigenvalue weighted by atomic mass is 19.4. The lowest BCUT2D eigenvalue weighted by atomic mass is 10.1. The van der Waals surface area contributed by atoms with E-state index < -0.39 is 18.6 Å². The summed E-state index contributed by atoms with van der Waals surface area (Å²) < 4.78 is 36.7. The molecule has 0 spiro atoms. The highest BCUT2D eigenvalue weighted by Gasteiger charge is 2.28. The summed E-state index contributed by atoms with van der Waals surface area (Å²) in [7, 11) is 0. The first-order valence-electron chi connectivity index (χ1n) is 7.46. The van der Waals surface area contributed by atoms with Crippen LogP contribution in [0.5, 0.6) is 0 Å². The standard InChI is InChI=1S/C17H20F3N3O2/c1-3-9-23(10-4-2)15(24)11-21-14-8-6-5-7-13(14)16(25)22-12-17(18,19)20/h3-8,21H,1-2,9-12H2,(H,22,25). The molecular weight excluding hydrogens is 335 g/mol. The van der Waals surface area contributed by atoms with E-state index in [0.29, 0.717) is 13.1 Å². The maximum Gasteiger partial charge on any atom is 0.405 e. The molecule has 8 heteroatoms. The van der Waals surface area contributed by atoms with E-state index in [4.69, 9.17) is 0 Å². The van der Waals surface area contributed by atoms with Crippen molar-refractivity contribution in [2.75, 3.05) is 31.5 Å². The fourth-order valence-corrected chi connectivity index (χ4v) is 1.98. The molecule has 0 aromatic heterocycles. The number of alkyl halides is 3. The molecule has 25 heavy (non-hydrogen) atoms. The van der Waals surface area contributed by atoms with Crippen LogP contribution in [0.15, 0.2) is 49.6 Å². The predicted octanol–water partition coefficient (Wildman–Crippen LogP) is 2.59. The molecule has 0 fully saturated rings. The number of carbonyl (C=O) groups excluding carboxylic acids is 2. The maximum absolute atomic E-state index is 12.2. The van der Waals surface area contributed by atoms with Gasteiger partial charge in [-0.1, -0.05) is 24.3 Å². The van der Waals surface area contributed by atoms with E-state index in [2.05, 4.69) is 18.5 Å². The Morgan fingerprint density at radius 3 is 2.28 bits per heavy atom. The molecule has 1 rings (SSSR count). The highest BCUT2D eigenvalue weighted by Crippen LogP contribution is 2.17. The van der Waals surface area contributed by atoms with Crippen LogP contribution >= 0.6 is 0 Å². The molecule has 1 aromatic carbocycles. The summed E-state index contributed by atoms with van der Waals surface area (Å²) in [6.45, 7) is 6.26. The van der Waals surface area contributed by atoms with Crippen LogP contribution in [0.25, 0.3) is 0 Å². The fourth-order valence-electron chi connectivity index (χ4n) is 1.98. The summed E-state index contributed by atoms with van der Waals surface area (Å²) >= 11 is 0. The molecule has 0 atom stereocenters. The molecule has 0 bridgehead atoms. The minimum Gasteiger partial charge on any atom is -0.376 e. The summed E-state index contributed by atoms with van der Waals surface area (Å²) in [5.74, 6) is -1.13. The Kier molecular flexibility index (Phi) is 7.71. The molecule has 136 valence electrons. The van der Waals surface area contributed by atoms with Crippen LogP contribution in [-0.2, 0) is 4.79 Å². The van der Waals surface area contributed by atoms with Crippen molar-refractivity contribution >= 4 is 17.5 Å². The van der Waals surface area contributed by atoms with Crippen LogP contribution in [0.3, 0.4) is 0 Å². The molecule has 0 saturated heterocycles. The van der Waals surface area contributed by atoms with Crippen LogP contribution in [-0.4, -0.2) is 49.1 Å². The zero-order chi connectivity index (χ0) is 18.9. The summed E-state index contributed by atoms with van der Waals surface area (Å²) in [6, 6.07) is 6.03. The highest BCUT2D eigenvalue weighted by molar-refractivity contribution is 6.00. The van der Waals surface area contributed by atoms with Crippen molar-refractivity contribution in [3.05, 3.63) is 55.1 Å². The largest absolute Gasteiger partial charge is 0.405 e. The van der Waals surface area contributed by atoms with E-state index in [1.165, 1.54) is 23.1 Å². The van der Waals surface area contributed by atoms with Crippen LogP contribution in [0.4, 0.5) is 18.9 Å². The van der Waals surface area contributed by atoms with E-state index in [1.54, 1.807) is 23.5 Å². The van der Waals surface area contributed by atoms with E-state index >= 15 is 0 Å². The Morgan fingerprint density at radius 1 is 1.12 bits per heavy atom. The number of para-hydroxylation sites is 1. The smallest absolute Gasteiger partial charge is 0.376 e. The molecule has 0 aliphatic carbocycles. The predicted molar refractivity (Wildman–Crippen MR) is 90.3 cm³/mol. The molecule has 1 aromatic rings. The van der Waals surface area contributed by atoms with Gasteiger partial charge in [0.15, 0.2) is 0 Å². The SMILES string of the molecule is C=CCN(CC=C)C(=O)CNc1ccccc1C(=O)NCC(F)(F)F. The average molecular weight is 355 g/mol. The number of carbonyl (C=O) groups is 2. The lowest BCUT2D eigenvalue weighted by Crippen LogP contribution is -2.36. The first-order chi connectivity index (χ1) is 11.8. The van der Waals surface area contributed by atoms with Gasteiger partial charge in [0.05, 0.1) is 12.1 Å². The van der Waals surface area contributed by atoms with Gasteiger partial charge in [-0.25, -0.2) is 0 Å². The van der Waals surface area contributed by atoms with Crippen LogP contribution in [0.2, 0.25) is 0 Å². The molecule has 2 N–H and O–H groups in total. The van der Waals surface area contributed by atoms with Crippen LogP contribution in [0, 0.1) is 0 Å². The van der Waals surface area contributed by atoms with Gasteiger partial charge in [0.2, 0.25) is 5.91 Å². The van der Waals surface area contributed by atoms with E-state index in [-0.39, 0.29) is 23.7 Å². The number of benzene rings is 1. The number of hydrogen-bond donors (Lipinski definition) is 2. The third-order valence-corrected chi connectivity index (χ3v) is 3.10. The van der Waals surface area contributed by atoms with Gasteiger partial charge in [0, 0.05) is 18.8 Å². The lowest BCUT2D eigenvalue weighted by Gasteiger charge is -2.20. The summed E-state index contributed by atoms with van der Waals surface area (Å²) in [4.78, 5) is 25.6. The van der Waals surface area contributed by atoms with Gasteiger partial charge in [-0.15, -0.1) is 13.2 Å². The fraction of sp³-hybridized carbons (Fsp3) is 0.294. The Morgan fingerprint density at radius 2 is 1.72 bits per heavy atom. The minimum atomic E-state index is -4.50. The number of halogens is 3. The Balaban J connectivity index is 2.76. The Labute approximate surface area is 144 Å². The quantitative estimate of drug-likeness (QED) is 0.670. The Hall–Kier alpha value is -2.77. The normalized spacial score (nSPS) is 10.7. The maximum atomic E-state index is 12.2. The van der Waals surface area contributed by atoms with Crippen molar-refractivity contribution in [3.8, 4) is 0 Å². The summed E-state index contributed by atoms with van der Waals surface area (Å²) in [5, 5.41) is 4.59. The molecule has 0 radical (unpaired) electrons. The molecule has 5 nitrogen and oxygen atoms in total. The first-order valence-corrected chi connectivity index (χ1v) is 7.46. The molecule has 2 amide bonds. The second-order valence-corrected chi connectivity index (χ2v) is 5.07. The molecule has 0 aliphatic heterocycles. The van der Waals surface area contributed by atoms with Crippen molar-refractivity contribution in [2.24, 2.45) is 0 Å². The van der Waals surface area contributed by atoms with Gasteiger partial charge in [0.25, 0.3) is 5.91 Å². The number of amides is 2. The van der Waals surface area contributed by atoms with Crippen molar-refractivity contribution in [1.29, 1.82) is 0 Å². The third kappa shape index (κ3) is 7.11. The molecule has 0 saturated carbocycles. The summed E-state index contributed by atoms with van der Waals surface area (Å²) in [5.41, 5.74) is 0.297. The molecule has 0 heterocycles. The Bertz CT molecular complexity index is 620. The van der Waals surface area contributed by atoms with Gasteiger partial charge >= 0.3 is 6.18 Å². The number of anilines is 1. The number of nitrogens with one attached hydrogen (secondary N) is 2. The average Bonchev–Trinajstić information content (AvgIpc) is 2.57. The van der Waals surface area contributed by atoms with Crippen LogP contribution in [0.1, 0.15) is 10.4 Å². The molecular formula is C17H20F3N3O2. The number of hydrogen-bond acceptors (Lipinski definition) is 3. The second-order valence-electron chi connectivity index (χ2n) is 5.07. The first kappa shape index (κ1) is 20.3.